The highest BCUT2D eigenvalue weighted by Crippen LogP contribution is 2.16. The fraction of sp³-hybridized carbons (Fsp3) is 0.111. The molecule has 0 saturated carbocycles. The van der Waals surface area contributed by atoms with E-state index >= 15 is 0 Å². The van der Waals surface area contributed by atoms with Crippen LogP contribution in [0.5, 0.6) is 5.75 Å². The molecule has 0 radical (unpaired) electrons. The largest absolute Gasteiger partial charge is 0.508 e. The van der Waals surface area contributed by atoms with Crippen LogP contribution in [-0.4, -0.2) is 12.2 Å². The lowest BCUT2D eigenvalue weighted by Crippen LogP contribution is -1.84. The standard InChI is InChI=1S/C9H10O2/c1-7(10)8-4-3-5-9(6-8)11-2/h3-6,10H,1H2,2H3. The quantitative estimate of drug-likeness (QED) is 0.655. The van der Waals surface area contributed by atoms with Crippen LogP contribution in [0.15, 0.2) is 30.8 Å². The molecular weight excluding hydrogens is 140 g/mol. The molecule has 1 aromatic carbocycles. The monoisotopic (exact) mass is 150 g/mol. The minimum atomic E-state index is 0.0592. The van der Waals surface area contributed by atoms with E-state index in [-0.39, 0.29) is 5.76 Å². The Labute approximate surface area is 65.7 Å². The Morgan fingerprint density at radius 1 is 1.55 bits per heavy atom. The van der Waals surface area contributed by atoms with Crippen LogP contribution < -0.4 is 4.74 Å². The SMILES string of the molecule is C=C(O)c1cccc(OC)c1. The Balaban J connectivity index is 3.01. The van der Waals surface area contributed by atoms with E-state index in [0.29, 0.717) is 5.56 Å². The fourth-order valence-corrected chi connectivity index (χ4v) is 0.803. The second kappa shape index (κ2) is 3.10. The fourth-order valence-electron chi connectivity index (χ4n) is 0.803. The predicted molar refractivity (Wildman–Crippen MR) is 44.7 cm³/mol. The van der Waals surface area contributed by atoms with Gasteiger partial charge in [-0.3, -0.25) is 0 Å². The van der Waals surface area contributed by atoms with Crippen LogP contribution in [0.1, 0.15) is 5.56 Å². The number of ether oxygens (including phenoxy) is 1. The number of methoxy groups -OCH3 is 1. The molecular formula is C9H10O2. The second-order valence-electron chi connectivity index (χ2n) is 2.18. The van der Waals surface area contributed by atoms with E-state index in [1.54, 1.807) is 25.3 Å². The molecule has 58 valence electrons. The van der Waals surface area contributed by atoms with Gasteiger partial charge in [-0.2, -0.15) is 0 Å². The molecule has 0 aromatic heterocycles. The first-order chi connectivity index (χ1) is 5.24. The van der Waals surface area contributed by atoms with Crippen molar-refractivity contribution in [3.63, 3.8) is 0 Å². The molecule has 11 heavy (non-hydrogen) atoms. The second-order valence-corrected chi connectivity index (χ2v) is 2.18. The number of hydrogen-bond donors (Lipinski definition) is 1. The summed E-state index contributed by atoms with van der Waals surface area (Å²) in [5, 5.41) is 8.99. The molecule has 0 heterocycles. The third-order valence-electron chi connectivity index (χ3n) is 1.40. The van der Waals surface area contributed by atoms with E-state index in [1.807, 2.05) is 6.07 Å². The zero-order chi connectivity index (χ0) is 8.27. The number of aliphatic hydroxyl groups excluding tert-OH is 1. The van der Waals surface area contributed by atoms with Crippen molar-refractivity contribution < 1.29 is 9.84 Å². The molecule has 2 heteroatoms. The maximum absolute atomic E-state index is 8.99. The van der Waals surface area contributed by atoms with E-state index in [9.17, 15) is 0 Å². The highest BCUT2D eigenvalue weighted by molar-refractivity contribution is 5.57. The van der Waals surface area contributed by atoms with E-state index in [4.69, 9.17) is 9.84 Å². The van der Waals surface area contributed by atoms with Crippen LogP contribution >= 0.6 is 0 Å². The van der Waals surface area contributed by atoms with Crippen molar-refractivity contribution in [1.82, 2.24) is 0 Å². The van der Waals surface area contributed by atoms with Gasteiger partial charge in [-0.05, 0) is 12.1 Å². The molecule has 1 aromatic rings. The van der Waals surface area contributed by atoms with E-state index in [0.717, 1.165) is 5.75 Å². The summed E-state index contributed by atoms with van der Waals surface area (Å²) in [4.78, 5) is 0. The van der Waals surface area contributed by atoms with E-state index in [1.165, 1.54) is 0 Å². The van der Waals surface area contributed by atoms with Gasteiger partial charge in [0.1, 0.15) is 11.5 Å². The molecule has 1 N–H and O–H groups in total. The van der Waals surface area contributed by atoms with Crippen LogP contribution in [0.3, 0.4) is 0 Å². The first-order valence-corrected chi connectivity index (χ1v) is 3.26. The zero-order valence-corrected chi connectivity index (χ0v) is 6.37. The summed E-state index contributed by atoms with van der Waals surface area (Å²) < 4.78 is 4.95. The summed E-state index contributed by atoms with van der Waals surface area (Å²) in [7, 11) is 1.58. The van der Waals surface area contributed by atoms with Gasteiger partial charge in [0.15, 0.2) is 0 Å². The van der Waals surface area contributed by atoms with Crippen LogP contribution in [0.4, 0.5) is 0 Å². The summed E-state index contributed by atoms with van der Waals surface area (Å²) in [6, 6.07) is 7.11. The van der Waals surface area contributed by atoms with Gasteiger partial charge in [0.2, 0.25) is 0 Å². The highest BCUT2D eigenvalue weighted by Gasteiger charge is 1.96. The first-order valence-electron chi connectivity index (χ1n) is 3.26. The zero-order valence-electron chi connectivity index (χ0n) is 6.37. The maximum atomic E-state index is 8.99. The molecule has 0 aliphatic carbocycles. The van der Waals surface area contributed by atoms with Crippen molar-refractivity contribution in [3.8, 4) is 5.75 Å². The Kier molecular flexibility index (Phi) is 2.16. The van der Waals surface area contributed by atoms with Crippen molar-refractivity contribution in [3.05, 3.63) is 36.4 Å². The molecule has 0 saturated heterocycles. The van der Waals surface area contributed by atoms with Gasteiger partial charge in [0.25, 0.3) is 0 Å². The summed E-state index contributed by atoms with van der Waals surface area (Å²) in [5.41, 5.74) is 0.685. The molecule has 1 rings (SSSR count). The molecule has 0 aliphatic rings. The van der Waals surface area contributed by atoms with Crippen molar-refractivity contribution in [2.24, 2.45) is 0 Å². The topological polar surface area (TPSA) is 29.5 Å². The summed E-state index contributed by atoms with van der Waals surface area (Å²) in [6.45, 7) is 3.40. The molecule has 0 amide bonds. The number of rotatable bonds is 2. The highest BCUT2D eigenvalue weighted by atomic mass is 16.5. The molecule has 2 nitrogen and oxygen atoms in total. The van der Waals surface area contributed by atoms with E-state index in [2.05, 4.69) is 6.58 Å². The Bertz CT molecular complexity index is 266. The Morgan fingerprint density at radius 3 is 2.82 bits per heavy atom. The number of benzene rings is 1. The van der Waals surface area contributed by atoms with Crippen LogP contribution in [0.25, 0.3) is 5.76 Å². The van der Waals surface area contributed by atoms with Crippen molar-refractivity contribution in [1.29, 1.82) is 0 Å². The van der Waals surface area contributed by atoms with Crippen LogP contribution in [0.2, 0.25) is 0 Å². The van der Waals surface area contributed by atoms with Gasteiger partial charge in [-0.15, -0.1) is 0 Å². The molecule has 0 atom stereocenters. The van der Waals surface area contributed by atoms with Crippen molar-refractivity contribution in [2.75, 3.05) is 7.11 Å². The minimum absolute atomic E-state index is 0.0592. The first kappa shape index (κ1) is 7.66. The van der Waals surface area contributed by atoms with Gasteiger partial charge >= 0.3 is 0 Å². The lowest BCUT2D eigenvalue weighted by atomic mass is 10.2. The lowest BCUT2D eigenvalue weighted by Gasteiger charge is -2.01. The average molecular weight is 150 g/mol. The van der Waals surface area contributed by atoms with Crippen molar-refractivity contribution >= 4 is 5.76 Å². The Morgan fingerprint density at radius 2 is 2.27 bits per heavy atom. The minimum Gasteiger partial charge on any atom is -0.508 e. The smallest absolute Gasteiger partial charge is 0.119 e. The van der Waals surface area contributed by atoms with Gasteiger partial charge in [0, 0.05) is 5.56 Å². The Hall–Kier alpha value is -1.44. The third kappa shape index (κ3) is 1.74. The summed E-state index contributed by atoms with van der Waals surface area (Å²) in [5.74, 6) is 0.779. The predicted octanol–water partition coefficient (Wildman–Crippen LogP) is 2.22. The van der Waals surface area contributed by atoms with Gasteiger partial charge in [-0.1, -0.05) is 18.7 Å². The third-order valence-corrected chi connectivity index (χ3v) is 1.40. The summed E-state index contributed by atoms with van der Waals surface area (Å²) in [6.07, 6.45) is 0. The normalized spacial score (nSPS) is 9.18. The molecule has 0 unspecified atom stereocenters. The van der Waals surface area contributed by atoms with Gasteiger partial charge in [0.05, 0.1) is 7.11 Å². The van der Waals surface area contributed by atoms with Crippen LogP contribution in [0, 0.1) is 0 Å². The van der Waals surface area contributed by atoms with Gasteiger partial charge < -0.3 is 9.84 Å². The van der Waals surface area contributed by atoms with Gasteiger partial charge in [-0.25, -0.2) is 0 Å². The lowest BCUT2D eigenvalue weighted by molar-refractivity contribution is 0.414. The molecule has 0 spiro atoms. The van der Waals surface area contributed by atoms with Crippen molar-refractivity contribution in [2.45, 2.75) is 0 Å². The number of hydrogen-bond acceptors (Lipinski definition) is 2. The summed E-state index contributed by atoms with van der Waals surface area (Å²) >= 11 is 0. The number of aliphatic hydroxyl groups is 1. The maximum Gasteiger partial charge on any atom is 0.119 e. The van der Waals surface area contributed by atoms with Crippen LogP contribution in [-0.2, 0) is 0 Å². The molecule has 0 fully saturated rings. The average Bonchev–Trinajstić information content (AvgIpc) is 2.05. The molecule has 0 bridgehead atoms. The van der Waals surface area contributed by atoms with E-state index < -0.39 is 0 Å². The molecule has 0 aliphatic heterocycles.